The molecule has 0 amide bonds. The average Bonchev–Trinajstić information content (AvgIpc) is 3.29. The van der Waals surface area contributed by atoms with Crippen LogP contribution < -0.4 is 0 Å². The zero-order valence-electron chi connectivity index (χ0n) is 41.8. The van der Waals surface area contributed by atoms with Gasteiger partial charge in [-0.3, -0.25) is 14.4 Å². The van der Waals surface area contributed by atoms with Crippen molar-refractivity contribution >= 4 is 17.9 Å². The molecule has 0 fully saturated rings. The number of rotatable bonds is 47. The van der Waals surface area contributed by atoms with Gasteiger partial charge < -0.3 is 14.2 Å². The Kier molecular flexibility index (Phi) is 49.4. The molecule has 0 aliphatic carbocycles. The summed E-state index contributed by atoms with van der Waals surface area (Å²) in [6.45, 7) is 6.41. The molecule has 0 saturated heterocycles. The molecule has 0 N–H and O–H groups in total. The van der Waals surface area contributed by atoms with E-state index in [0.717, 1.165) is 64.2 Å². The number of allylic oxidation sites excluding steroid dienone is 14. The third-order valence-corrected chi connectivity index (χ3v) is 11.2. The quantitative estimate of drug-likeness (QED) is 0.0262. The second-order valence-corrected chi connectivity index (χ2v) is 17.4. The zero-order chi connectivity index (χ0) is 46.5. The summed E-state index contributed by atoms with van der Waals surface area (Å²) in [4.78, 5) is 37.9. The van der Waals surface area contributed by atoms with E-state index in [0.29, 0.717) is 19.3 Å². The summed E-state index contributed by atoms with van der Waals surface area (Å²) in [5, 5.41) is 0. The highest BCUT2D eigenvalue weighted by Gasteiger charge is 2.19. The first-order chi connectivity index (χ1) is 31.5. The molecule has 0 spiro atoms. The standard InChI is InChI=1S/C58H98O6/c1-4-7-10-13-16-19-22-25-27-29-31-33-36-39-42-45-48-51-57(60)63-54-55(53-62-56(59)50-47-44-41-38-35-32-24-21-18-15-12-9-6-3)64-58(61)52-49-46-43-40-37-34-30-28-26-23-20-17-14-11-8-5-2/h8,11,17,20,26,28,32,34-35,37,41,43-44,46,55H,4-7,9-10,12-16,18-19,21-25,27,29-31,33,36,38-40,42,45,47-54H2,1-3H3/b11-8+,20-17+,28-26+,35-32+,37-34+,44-41+,46-43+. The largest absolute Gasteiger partial charge is 0.462 e. The van der Waals surface area contributed by atoms with Crippen molar-refractivity contribution in [2.75, 3.05) is 13.2 Å². The number of carbonyl (C=O) groups is 3. The molecule has 0 aliphatic rings. The van der Waals surface area contributed by atoms with E-state index in [1.807, 2.05) is 18.2 Å². The van der Waals surface area contributed by atoms with Crippen molar-refractivity contribution in [3.63, 3.8) is 0 Å². The lowest BCUT2D eigenvalue weighted by Gasteiger charge is -2.18. The maximum atomic E-state index is 12.8. The molecule has 0 rings (SSSR count). The van der Waals surface area contributed by atoms with Crippen LogP contribution >= 0.6 is 0 Å². The number of ether oxygens (including phenoxy) is 3. The first kappa shape index (κ1) is 60.6. The summed E-state index contributed by atoms with van der Waals surface area (Å²) in [5.41, 5.74) is 0. The van der Waals surface area contributed by atoms with Crippen molar-refractivity contribution < 1.29 is 28.6 Å². The minimum absolute atomic E-state index is 0.122. The van der Waals surface area contributed by atoms with E-state index in [1.165, 1.54) is 128 Å². The molecule has 1 atom stereocenters. The molecule has 0 aromatic heterocycles. The predicted octanol–water partition coefficient (Wildman–Crippen LogP) is 17.6. The Morgan fingerprint density at radius 3 is 1.05 bits per heavy atom. The third-order valence-electron chi connectivity index (χ3n) is 11.2. The molecule has 0 bridgehead atoms. The number of esters is 3. The second-order valence-electron chi connectivity index (χ2n) is 17.4. The number of carbonyl (C=O) groups excluding carboxylic acids is 3. The molecule has 0 aliphatic heterocycles. The highest BCUT2D eigenvalue weighted by Crippen LogP contribution is 2.15. The molecular formula is C58H98O6. The van der Waals surface area contributed by atoms with Crippen LogP contribution in [0.15, 0.2) is 85.1 Å². The van der Waals surface area contributed by atoms with Gasteiger partial charge in [-0.15, -0.1) is 0 Å². The lowest BCUT2D eigenvalue weighted by Crippen LogP contribution is -2.30. The molecule has 0 radical (unpaired) electrons. The van der Waals surface area contributed by atoms with Crippen LogP contribution in [0.1, 0.15) is 245 Å². The fourth-order valence-electron chi connectivity index (χ4n) is 7.19. The maximum Gasteiger partial charge on any atom is 0.306 e. The molecular weight excluding hydrogens is 793 g/mol. The fourth-order valence-corrected chi connectivity index (χ4v) is 7.19. The Bertz CT molecular complexity index is 1250. The van der Waals surface area contributed by atoms with Crippen LogP contribution in [0.3, 0.4) is 0 Å². The SMILES string of the molecule is CC/C=C/C/C=C/C/C=C/C/C=C/C/C=C/CCC(=O)OC(COC(=O)CC/C=C/C/C=C/CCCCCCCC)COC(=O)CCCCCCCCCCCCCCCCCCC. The summed E-state index contributed by atoms with van der Waals surface area (Å²) >= 11 is 0. The number of unbranched alkanes of at least 4 members (excludes halogenated alkanes) is 22. The van der Waals surface area contributed by atoms with Crippen molar-refractivity contribution in [2.24, 2.45) is 0 Å². The summed E-state index contributed by atoms with van der Waals surface area (Å²) < 4.78 is 16.7. The minimum Gasteiger partial charge on any atom is -0.462 e. The Labute approximate surface area is 395 Å². The van der Waals surface area contributed by atoms with Crippen LogP contribution in [0.25, 0.3) is 0 Å². The van der Waals surface area contributed by atoms with Crippen LogP contribution in [0.5, 0.6) is 0 Å². The molecule has 0 saturated carbocycles. The van der Waals surface area contributed by atoms with Crippen LogP contribution in [0.4, 0.5) is 0 Å². The lowest BCUT2D eigenvalue weighted by atomic mass is 10.0. The van der Waals surface area contributed by atoms with E-state index < -0.39 is 12.1 Å². The molecule has 366 valence electrons. The van der Waals surface area contributed by atoms with E-state index >= 15 is 0 Å². The molecule has 64 heavy (non-hydrogen) atoms. The Morgan fingerprint density at radius 1 is 0.328 bits per heavy atom. The monoisotopic (exact) mass is 891 g/mol. The first-order valence-corrected chi connectivity index (χ1v) is 26.6. The van der Waals surface area contributed by atoms with Gasteiger partial charge in [0.25, 0.3) is 0 Å². The van der Waals surface area contributed by atoms with Gasteiger partial charge in [0, 0.05) is 19.3 Å². The Morgan fingerprint density at radius 2 is 0.641 bits per heavy atom. The highest BCUT2D eigenvalue weighted by molar-refractivity contribution is 5.71. The van der Waals surface area contributed by atoms with Crippen LogP contribution in [0.2, 0.25) is 0 Å². The van der Waals surface area contributed by atoms with Crippen molar-refractivity contribution in [1.82, 2.24) is 0 Å². The van der Waals surface area contributed by atoms with Gasteiger partial charge in [-0.25, -0.2) is 0 Å². The van der Waals surface area contributed by atoms with Crippen molar-refractivity contribution in [2.45, 2.75) is 252 Å². The predicted molar refractivity (Wildman–Crippen MR) is 274 cm³/mol. The fraction of sp³-hybridized carbons (Fsp3) is 0.707. The second kappa shape index (κ2) is 52.2. The molecule has 6 heteroatoms. The van der Waals surface area contributed by atoms with Gasteiger partial charge in [0.05, 0.1) is 0 Å². The molecule has 0 aromatic rings. The minimum atomic E-state index is -0.836. The van der Waals surface area contributed by atoms with Crippen molar-refractivity contribution in [3.05, 3.63) is 85.1 Å². The van der Waals surface area contributed by atoms with E-state index in [4.69, 9.17) is 14.2 Å². The topological polar surface area (TPSA) is 78.9 Å². The van der Waals surface area contributed by atoms with Crippen molar-refractivity contribution in [1.29, 1.82) is 0 Å². The highest BCUT2D eigenvalue weighted by atomic mass is 16.6. The Balaban J connectivity index is 4.52. The summed E-state index contributed by atoms with van der Waals surface area (Å²) in [6.07, 6.45) is 67.4. The van der Waals surface area contributed by atoms with Crippen LogP contribution in [0, 0.1) is 0 Å². The van der Waals surface area contributed by atoms with Gasteiger partial charge in [-0.1, -0.05) is 241 Å². The smallest absolute Gasteiger partial charge is 0.306 e. The summed E-state index contributed by atoms with van der Waals surface area (Å²) in [6, 6.07) is 0. The van der Waals surface area contributed by atoms with Gasteiger partial charge in [0.2, 0.25) is 0 Å². The summed E-state index contributed by atoms with van der Waals surface area (Å²) in [7, 11) is 0. The average molecular weight is 891 g/mol. The zero-order valence-corrected chi connectivity index (χ0v) is 41.8. The van der Waals surface area contributed by atoms with Gasteiger partial charge >= 0.3 is 17.9 Å². The number of hydrogen-bond acceptors (Lipinski definition) is 6. The Hall–Kier alpha value is -3.41. The van der Waals surface area contributed by atoms with Crippen molar-refractivity contribution in [3.8, 4) is 0 Å². The molecule has 0 aromatic carbocycles. The van der Waals surface area contributed by atoms with Gasteiger partial charge in [0.1, 0.15) is 13.2 Å². The normalized spacial score (nSPS) is 12.7. The van der Waals surface area contributed by atoms with Gasteiger partial charge in [-0.2, -0.15) is 0 Å². The van der Waals surface area contributed by atoms with Crippen LogP contribution in [-0.4, -0.2) is 37.2 Å². The maximum absolute atomic E-state index is 12.8. The summed E-state index contributed by atoms with van der Waals surface area (Å²) in [5.74, 6) is -1.07. The number of hydrogen-bond donors (Lipinski definition) is 0. The van der Waals surface area contributed by atoms with E-state index in [-0.39, 0.29) is 38.0 Å². The van der Waals surface area contributed by atoms with E-state index in [9.17, 15) is 14.4 Å². The van der Waals surface area contributed by atoms with E-state index in [1.54, 1.807) is 0 Å². The van der Waals surface area contributed by atoms with Crippen LogP contribution in [-0.2, 0) is 28.6 Å². The molecule has 1 unspecified atom stereocenters. The third kappa shape index (κ3) is 49.6. The van der Waals surface area contributed by atoms with Gasteiger partial charge in [-0.05, 0) is 70.6 Å². The first-order valence-electron chi connectivity index (χ1n) is 26.6. The molecule has 0 heterocycles. The lowest BCUT2D eigenvalue weighted by molar-refractivity contribution is -0.166. The van der Waals surface area contributed by atoms with E-state index in [2.05, 4.69) is 87.6 Å². The molecule has 6 nitrogen and oxygen atoms in total. The van der Waals surface area contributed by atoms with Gasteiger partial charge in [0.15, 0.2) is 6.10 Å².